The Bertz CT molecular complexity index is 745. The van der Waals surface area contributed by atoms with Gasteiger partial charge in [0.25, 0.3) is 0 Å². The Kier molecular flexibility index (Phi) is 8.35. The van der Waals surface area contributed by atoms with Crippen LogP contribution >= 0.6 is 24.0 Å². The number of piperidine rings is 1. The second-order valence-electron chi connectivity index (χ2n) is 9.00. The topological polar surface area (TPSA) is 96.7 Å². The molecule has 2 aliphatic heterocycles. The lowest BCUT2D eigenvalue weighted by molar-refractivity contribution is 0.00545. The van der Waals surface area contributed by atoms with Crippen molar-refractivity contribution in [2.45, 2.75) is 90.6 Å². The van der Waals surface area contributed by atoms with E-state index in [-0.39, 0.29) is 48.2 Å². The Morgan fingerprint density at radius 1 is 1.23 bits per heavy atom. The molecule has 1 aromatic heterocycles. The number of hydrogen-bond acceptors (Lipinski definition) is 5. The van der Waals surface area contributed by atoms with E-state index in [1.54, 1.807) is 0 Å². The minimum Gasteiger partial charge on any atom is -0.444 e. The van der Waals surface area contributed by atoms with Gasteiger partial charge in [-0.2, -0.15) is 0 Å². The van der Waals surface area contributed by atoms with Gasteiger partial charge in [-0.1, -0.05) is 0 Å². The third-order valence-electron chi connectivity index (χ3n) is 5.58. The number of aryl methyl sites for hydroxylation is 1. The Hall–Kier alpha value is -1.59. The molecule has 2 fully saturated rings. The first-order chi connectivity index (χ1) is 13.7. The van der Waals surface area contributed by atoms with Crippen LogP contribution in [0.1, 0.15) is 65.0 Å². The Balaban J connectivity index is 0.00000320. The molecule has 10 heteroatoms. The van der Waals surface area contributed by atoms with Crippen LogP contribution in [-0.4, -0.2) is 62.0 Å². The van der Waals surface area contributed by atoms with Crippen molar-refractivity contribution in [2.24, 2.45) is 12.0 Å². The van der Waals surface area contributed by atoms with Crippen LogP contribution in [0.2, 0.25) is 0 Å². The minimum atomic E-state index is -0.464. The molecular weight excluding hydrogens is 497 g/mol. The van der Waals surface area contributed by atoms with Gasteiger partial charge in [-0.3, -0.25) is 0 Å². The summed E-state index contributed by atoms with van der Waals surface area (Å²) in [6, 6.07) is 0.737. The van der Waals surface area contributed by atoms with Crippen molar-refractivity contribution in [2.75, 3.05) is 6.54 Å². The molecule has 2 bridgehead atoms. The molecule has 0 radical (unpaired) electrons. The number of amides is 1. The maximum atomic E-state index is 12.6. The van der Waals surface area contributed by atoms with Gasteiger partial charge in [0, 0.05) is 31.7 Å². The van der Waals surface area contributed by atoms with Crippen molar-refractivity contribution in [1.29, 1.82) is 0 Å². The third kappa shape index (κ3) is 5.98. The molecule has 3 rings (SSSR count). The van der Waals surface area contributed by atoms with Gasteiger partial charge in [0.15, 0.2) is 11.8 Å². The van der Waals surface area contributed by atoms with E-state index in [4.69, 9.17) is 9.73 Å². The number of nitrogens with zero attached hydrogens (tertiary/aromatic N) is 5. The molecule has 2 atom stereocenters. The number of aromatic nitrogens is 3. The van der Waals surface area contributed by atoms with E-state index >= 15 is 0 Å². The van der Waals surface area contributed by atoms with Gasteiger partial charge in [-0.15, -0.1) is 34.2 Å². The molecule has 0 spiro atoms. The number of aliphatic imine (C=N–C) groups is 1. The monoisotopic (exact) mass is 533 g/mol. The number of fused-ring (bicyclic) bond motifs is 2. The molecule has 2 unspecified atom stereocenters. The zero-order valence-corrected chi connectivity index (χ0v) is 21.3. The number of carbonyl (C=O) groups is 1. The quantitative estimate of drug-likeness (QED) is 0.351. The van der Waals surface area contributed by atoms with Crippen molar-refractivity contribution in [3.63, 3.8) is 0 Å². The number of nitrogens with one attached hydrogen (secondary N) is 2. The smallest absolute Gasteiger partial charge is 0.410 e. The van der Waals surface area contributed by atoms with Crippen LogP contribution in [0.25, 0.3) is 0 Å². The predicted molar refractivity (Wildman–Crippen MR) is 127 cm³/mol. The van der Waals surface area contributed by atoms with Crippen LogP contribution in [-0.2, 0) is 18.3 Å². The third-order valence-corrected chi connectivity index (χ3v) is 5.58. The molecule has 2 aliphatic rings. The summed E-state index contributed by atoms with van der Waals surface area (Å²) < 4.78 is 7.58. The van der Waals surface area contributed by atoms with E-state index in [9.17, 15) is 4.79 Å². The second kappa shape index (κ2) is 10.1. The summed E-state index contributed by atoms with van der Waals surface area (Å²) in [5.41, 5.74) is -0.464. The van der Waals surface area contributed by atoms with Crippen molar-refractivity contribution in [1.82, 2.24) is 30.3 Å². The van der Waals surface area contributed by atoms with Gasteiger partial charge in [-0.05, 0) is 60.3 Å². The fraction of sp³-hybridized carbons (Fsp3) is 0.800. The van der Waals surface area contributed by atoms with Gasteiger partial charge >= 0.3 is 6.09 Å². The lowest BCUT2D eigenvalue weighted by Crippen LogP contribution is -2.55. The SMILES string of the molecule is CCNC(=NCc1nnc(C)n1C)NC1CC2CCC(C1)N2C(=O)OC(C)(C)C.I. The summed E-state index contributed by atoms with van der Waals surface area (Å²) >= 11 is 0. The van der Waals surface area contributed by atoms with Crippen LogP contribution in [0.5, 0.6) is 0 Å². The number of guanidine groups is 1. The number of ether oxygens (including phenoxy) is 1. The first-order valence-electron chi connectivity index (χ1n) is 10.6. The normalized spacial score (nSPS) is 23.7. The van der Waals surface area contributed by atoms with Gasteiger partial charge < -0.3 is 24.8 Å². The number of halogens is 1. The van der Waals surface area contributed by atoms with Gasteiger partial charge in [0.05, 0.1) is 0 Å². The minimum absolute atomic E-state index is 0. The Morgan fingerprint density at radius 3 is 2.37 bits per heavy atom. The van der Waals surface area contributed by atoms with Gasteiger partial charge in [-0.25, -0.2) is 9.79 Å². The van der Waals surface area contributed by atoms with E-state index in [1.165, 1.54) is 0 Å². The van der Waals surface area contributed by atoms with Crippen molar-refractivity contribution < 1.29 is 9.53 Å². The maximum Gasteiger partial charge on any atom is 0.410 e. The van der Waals surface area contributed by atoms with E-state index in [1.807, 2.05) is 44.2 Å². The molecular formula is C20H36IN7O2. The standard InChI is InChI=1S/C20H35N7O2.HI/c1-7-21-18(22-12-17-25-24-13(2)26(17)6)23-14-10-15-8-9-16(11-14)27(15)19(28)29-20(3,4)5;/h14-16H,7-12H2,1-6H3,(H2,21,22,23);1H. The van der Waals surface area contributed by atoms with Gasteiger partial charge in [0.1, 0.15) is 18.0 Å². The largest absolute Gasteiger partial charge is 0.444 e. The van der Waals surface area contributed by atoms with Crippen molar-refractivity contribution in [3.05, 3.63) is 11.6 Å². The number of rotatable bonds is 4. The van der Waals surface area contributed by atoms with Crippen LogP contribution < -0.4 is 10.6 Å². The highest BCUT2D eigenvalue weighted by molar-refractivity contribution is 14.0. The number of hydrogen-bond donors (Lipinski definition) is 2. The molecule has 1 aromatic rings. The molecule has 3 heterocycles. The second-order valence-corrected chi connectivity index (χ2v) is 9.00. The van der Waals surface area contributed by atoms with Crippen LogP contribution in [0.3, 0.4) is 0 Å². The summed E-state index contributed by atoms with van der Waals surface area (Å²) in [5, 5.41) is 15.1. The number of carbonyl (C=O) groups excluding carboxylic acids is 1. The summed E-state index contributed by atoms with van der Waals surface area (Å²) in [5.74, 6) is 2.49. The highest BCUT2D eigenvalue weighted by atomic mass is 127. The molecule has 170 valence electrons. The molecule has 2 N–H and O–H groups in total. The van der Waals surface area contributed by atoms with Gasteiger partial charge in [0.2, 0.25) is 0 Å². The van der Waals surface area contributed by atoms with Crippen LogP contribution in [0.15, 0.2) is 4.99 Å². The lowest BCUT2D eigenvalue weighted by atomic mass is 9.98. The summed E-state index contributed by atoms with van der Waals surface area (Å²) in [4.78, 5) is 19.3. The summed E-state index contributed by atoms with van der Waals surface area (Å²) in [7, 11) is 1.95. The molecule has 0 aliphatic carbocycles. The van der Waals surface area contributed by atoms with E-state index < -0.39 is 5.60 Å². The molecule has 0 saturated carbocycles. The molecule has 30 heavy (non-hydrogen) atoms. The summed E-state index contributed by atoms with van der Waals surface area (Å²) in [6.07, 6.45) is 3.70. The molecule has 0 aromatic carbocycles. The first kappa shape index (κ1) is 24.7. The average molecular weight is 533 g/mol. The van der Waals surface area contributed by atoms with E-state index in [0.29, 0.717) is 6.54 Å². The highest BCUT2D eigenvalue weighted by Gasteiger charge is 2.45. The van der Waals surface area contributed by atoms with E-state index in [2.05, 4.69) is 27.8 Å². The fourth-order valence-electron chi connectivity index (χ4n) is 4.16. The van der Waals surface area contributed by atoms with Crippen LogP contribution in [0.4, 0.5) is 4.79 Å². The molecule has 1 amide bonds. The highest BCUT2D eigenvalue weighted by Crippen LogP contribution is 2.36. The molecule has 2 saturated heterocycles. The van der Waals surface area contributed by atoms with Crippen LogP contribution in [0, 0.1) is 6.92 Å². The fourth-order valence-corrected chi connectivity index (χ4v) is 4.16. The predicted octanol–water partition coefficient (Wildman–Crippen LogP) is 2.73. The Morgan fingerprint density at radius 2 is 1.87 bits per heavy atom. The maximum absolute atomic E-state index is 12.6. The Labute approximate surface area is 196 Å². The summed E-state index contributed by atoms with van der Waals surface area (Å²) in [6.45, 7) is 11.0. The van der Waals surface area contributed by atoms with E-state index in [0.717, 1.165) is 49.8 Å². The first-order valence-corrected chi connectivity index (χ1v) is 10.6. The average Bonchev–Trinajstić information content (AvgIpc) is 3.08. The zero-order chi connectivity index (χ0) is 21.2. The molecule has 9 nitrogen and oxygen atoms in total. The van der Waals surface area contributed by atoms with Crippen molar-refractivity contribution >= 4 is 36.0 Å². The lowest BCUT2D eigenvalue weighted by Gasteiger charge is -2.40. The van der Waals surface area contributed by atoms with Crippen molar-refractivity contribution in [3.8, 4) is 0 Å². The zero-order valence-electron chi connectivity index (χ0n) is 18.9.